The van der Waals surface area contributed by atoms with E-state index in [9.17, 15) is 0 Å². The molecule has 0 heterocycles. The van der Waals surface area contributed by atoms with Crippen molar-refractivity contribution in [3.05, 3.63) is 0 Å². The zero-order chi connectivity index (χ0) is 7.90. The van der Waals surface area contributed by atoms with E-state index in [4.69, 9.17) is 4.18 Å². The van der Waals surface area contributed by atoms with E-state index in [1.54, 1.807) is 7.11 Å². The van der Waals surface area contributed by atoms with Crippen molar-refractivity contribution >= 4 is 12.2 Å². The molecular weight excluding hydrogens is 160 g/mol. The molecule has 3 rings (SSSR count). The molecule has 0 aromatic rings. The van der Waals surface area contributed by atoms with E-state index in [0.717, 1.165) is 5.92 Å². The van der Waals surface area contributed by atoms with Crippen LogP contribution in [0.2, 0.25) is 0 Å². The average Bonchev–Trinajstić information content (AvgIpc) is 1.77. The molecule has 0 aromatic carbocycles. The Balaban J connectivity index is 1.72. The smallest absolute Gasteiger partial charge is 0.0968 e. The van der Waals surface area contributed by atoms with Gasteiger partial charge in [-0.3, -0.25) is 0 Å². The average molecular weight is 174 g/mol. The highest BCUT2D eigenvalue weighted by Gasteiger charge is 2.57. The normalized spacial score (nSPS) is 40.1. The van der Waals surface area contributed by atoms with E-state index in [1.807, 2.05) is 11.5 Å². The number of rotatable bonds is 4. The van der Waals surface area contributed by atoms with Crippen LogP contribution in [0, 0.1) is 5.92 Å². The van der Waals surface area contributed by atoms with Crippen LogP contribution < -0.4 is 5.43 Å². The van der Waals surface area contributed by atoms with Gasteiger partial charge in [-0.2, -0.15) is 4.41 Å². The van der Waals surface area contributed by atoms with Crippen LogP contribution in [0.3, 0.4) is 0 Å². The summed E-state index contributed by atoms with van der Waals surface area (Å²) in [4.78, 5) is 0. The molecule has 0 atom stereocenters. The minimum absolute atomic E-state index is 0.463. The van der Waals surface area contributed by atoms with E-state index < -0.39 is 0 Å². The van der Waals surface area contributed by atoms with Crippen LogP contribution in [0.1, 0.15) is 19.3 Å². The van der Waals surface area contributed by atoms with Gasteiger partial charge in [-0.25, -0.2) is 5.43 Å². The molecule has 0 aromatic heterocycles. The Hall–Kier alpha value is 0.230. The zero-order valence-electron chi connectivity index (χ0n) is 6.96. The highest BCUT2D eigenvalue weighted by Crippen LogP contribution is 2.57. The maximum atomic E-state index is 4.92. The number of hydrazine groups is 1. The number of hydrogen-bond donors (Lipinski definition) is 1. The predicted molar refractivity (Wildman–Crippen MR) is 45.6 cm³/mol. The Morgan fingerprint density at radius 3 is 2.55 bits per heavy atom. The van der Waals surface area contributed by atoms with Crippen molar-refractivity contribution in [3.8, 4) is 0 Å². The molecule has 3 fully saturated rings. The Labute approximate surface area is 71.8 Å². The Morgan fingerprint density at radius 2 is 2.18 bits per heavy atom. The van der Waals surface area contributed by atoms with Crippen LogP contribution in [-0.2, 0) is 4.18 Å². The standard InChI is InChI=1S/C7H14N2OS/c1-9(11-10-2)8-7-3-6(4-7)5-7/h6,8H,3-5H2,1-2H3. The molecular formula is C7H14N2OS. The van der Waals surface area contributed by atoms with Gasteiger partial charge in [-0.05, 0) is 25.2 Å². The van der Waals surface area contributed by atoms with Gasteiger partial charge in [0.05, 0.1) is 19.3 Å². The fourth-order valence-corrected chi connectivity index (χ4v) is 2.53. The third kappa shape index (κ3) is 1.28. The topological polar surface area (TPSA) is 24.5 Å². The predicted octanol–water partition coefficient (Wildman–Crippen LogP) is 1.18. The second-order valence-electron chi connectivity index (χ2n) is 3.61. The molecule has 2 bridgehead atoms. The van der Waals surface area contributed by atoms with E-state index in [1.165, 1.54) is 31.5 Å². The lowest BCUT2D eigenvalue weighted by atomic mass is 9.50. The van der Waals surface area contributed by atoms with Gasteiger partial charge in [0.15, 0.2) is 0 Å². The first-order chi connectivity index (χ1) is 5.24. The Morgan fingerprint density at radius 1 is 1.55 bits per heavy atom. The molecule has 1 N–H and O–H groups in total. The molecule has 3 aliphatic carbocycles. The van der Waals surface area contributed by atoms with Gasteiger partial charge in [0.25, 0.3) is 0 Å². The third-order valence-corrected chi connectivity index (χ3v) is 3.08. The lowest BCUT2D eigenvalue weighted by molar-refractivity contribution is -0.0773. The minimum Gasteiger partial charge on any atom is -0.304 e. The summed E-state index contributed by atoms with van der Waals surface area (Å²) in [5, 5.41) is 0. The number of nitrogens with zero attached hydrogens (tertiary/aromatic N) is 1. The van der Waals surface area contributed by atoms with Crippen LogP contribution >= 0.6 is 12.2 Å². The van der Waals surface area contributed by atoms with Crippen LogP contribution in [0.5, 0.6) is 0 Å². The van der Waals surface area contributed by atoms with Gasteiger partial charge in [0.1, 0.15) is 0 Å². The van der Waals surface area contributed by atoms with Gasteiger partial charge in [-0.1, -0.05) is 0 Å². The van der Waals surface area contributed by atoms with Crippen LogP contribution in [-0.4, -0.2) is 24.1 Å². The molecule has 0 radical (unpaired) electrons. The summed E-state index contributed by atoms with van der Waals surface area (Å²) in [6, 6.07) is 0. The van der Waals surface area contributed by atoms with Crippen molar-refractivity contribution in [3.63, 3.8) is 0 Å². The second kappa shape index (κ2) is 2.62. The Kier molecular flexibility index (Phi) is 1.87. The van der Waals surface area contributed by atoms with Crippen molar-refractivity contribution < 1.29 is 4.18 Å². The zero-order valence-corrected chi connectivity index (χ0v) is 7.78. The second-order valence-corrected chi connectivity index (χ2v) is 4.64. The molecule has 3 saturated carbocycles. The summed E-state index contributed by atoms with van der Waals surface area (Å²) in [6.07, 6.45) is 4.09. The largest absolute Gasteiger partial charge is 0.304 e. The first-order valence-electron chi connectivity index (χ1n) is 3.96. The fraction of sp³-hybridized carbons (Fsp3) is 1.00. The Bertz CT molecular complexity index is 148. The van der Waals surface area contributed by atoms with Crippen molar-refractivity contribution in [2.75, 3.05) is 14.2 Å². The molecule has 3 nitrogen and oxygen atoms in total. The molecule has 0 spiro atoms. The molecule has 0 unspecified atom stereocenters. The fourth-order valence-electron chi connectivity index (χ4n) is 2.08. The lowest BCUT2D eigenvalue weighted by Crippen LogP contribution is -2.69. The van der Waals surface area contributed by atoms with Gasteiger partial charge >= 0.3 is 0 Å². The molecule has 64 valence electrons. The SMILES string of the molecule is COSN(C)NC12CC(C1)C2. The lowest BCUT2D eigenvalue weighted by Gasteiger charge is -2.62. The highest BCUT2D eigenvalue weighted by molar-refractivity contribution is 7.92. The summed E-state index contributed by atoms with van der Waals surface area (Å²) in [7, 11) is 3.68. The molecule has 0 aliphatic heterocycles. The molecule has 4 heteroatoms. The van der Waals surface area contributed by atoms with Crippen LogP contribution in [0.15, 0.2) is 0 Å². The third-order valence-electron chi connectivity index (χ3n) is 2.62. The summed E-state index contributed by atoms with van der Waals surface area (Å²) < 4.78 is 6.87. The molecule has 11 heavy (non-hydrogen) atoms. The van der Waals surface area contributed by atoms with Crippen LogP contribution in [0.25, 0.3) is 0 Å². The summed E-state index contributed by atoms with van der Waals surface area (Å²) in [5.41, 5.74) is 3.89. The van der Waals surface area contributed by atoms with Gasteiger partial charge in [0, 0.05) is 12.6 Å². The van der Waals surface area contributed by atoms with Crippen molar-refractivity contribution in [2.24, 2.45) is 5.92 Å². The van der Waals surface area contributed by atoms with Gasteiger partial charge in [-0.15, -0.1) is 0 Å². The van der Waals surface area contributed by atoms with E-state index in [-0.39, 0.29) is 0 Å². The van der Waals surface area contributed by atoms with Gasteiger partial charge < -0.3 is 4.18 Å². The van der Waals surface area contributed by atoms with E-state index in [0.29, 0.717) is 5.54 Å². The quantitative estimate of drug-likeness (QED) is 0.393. The van der Waals surface area contributed by atoms with Crippen LogP contribution in [0.4, 0.5) is 0 Å². The van der Waals surface area contributed by atoms with E-state index >= 15 is 0 Å². The summed E-state index contributed by atoms with van der Waals surface area (Å²) in [6.45, 7) is 0. The van der Waals surface area contributed by atoms with E-state index in [2.05, 4.69) is 5.43 Å². The van der Waals surface area contributed by atoms with Crippen molar-refractivity contribution in [2.45, 2.75) is 24.8 Å². The summed E-state index contributed by atoms with van der Waals surface area (Å²) in [5.74, 6) is 1.03. The molecule has 0 amide bonds. The first-order valence-corrected chi connectivity index (χ1v) is 4.66. The number of nitrogens with one attached hydrogen (secondary N) is 1. The molecule has 3 aliphatic rings. The monoisotopic (exact) mass is 174 g/mol. The summed E-state index contributed by atoms with van der Waals surface area (Å²) >= 11 is 1.35. The first kappa shape index (κ1) is 7.86. The maximum absolute atomic E-state index is 4.92. The van der Waals surface area contributed by atoms with Crippen molar-refractivity contribution in [1.82, 2.24) is 9.84 Å². The molecule has 0 saturated heterocycles. The highest BCUT2D eigenvalue weighted by atomic mass is 32.2. The number of hydrogen-bond acceptors (Lipinski definition) is 4. The maximum Gasteiger partial charge on any atom is 0.0968 e. The minimum atomic E-state index is 0.463. The van der Waals surface area contributed by atoms with Crippen molar-refractivity contribution in [1.29, 1.82) is 0 Å². The van der Waals surface area contributed by atoms with Gasteiger partial charge in [0.2, 0.25) is 0 Å².